The van der Waals surface area contributed by atoms with Crippen LogP contribution in [0.4, 0.5) is 0 Å². The molecule has 4 heteroatoms. The molecule has 0 fully saturated rings. The summed E-state index contributed by atoms with van der Waals surface area (Å²) in [5, 5.41) is 1.02. The zero-order valence-electron chi connectivity index (χ0n) is 13.9. The fourth-order valence-corrected chi connectivity index (χ4v) is 2.37. The molecule has 0 spiro atoms. The predicted octanol–water partition coefficient (Wildman–Crippen LogP) is 4.43. The minimum absolute atomic E-state index is 0.424. The largest absolute Gasteiger partial charge is 0.494 e. The molecule has 0 unspecified atom stereocenters. The van der Waals surface area contributed by atoms with Gasteiger partial charge in [-0.3, -0.25) is 0 Å². The number of ether oxygens (including phenoxy) is 2. The Bertz CT molecular complexity index is 772. The van der Waals surface area contributed by atoms with Gasteiger partial charge < -0.3 is 9.47 Å². The van der Waals surface area contributed by atoms with Crippen molar-refractivity contribution in [3.8, 4) is 11.8 Å². The minimum atomic E-state index is 0.424. The van der Waals surface area contributed by atoms with E-state index >= 15 is 0 Å². The van der Waals surface area contributed by atoms with Crippen LogP contribution in [0, 0.1) is 0 Å². The molecule has 0 radical (unpaired) electrons. The molecule has 4 nitrogen and oxygen atoms in total. The maximum absolute atomic E-state index is 5.67. The van der Waals surface area contributed by atoms with Gasteiger partial charge in [0.15, 0.2) is 0 Å². The smallest absolute Gasteiger partial charge is 0.316 e. The molecule has 1 aromatic heterocycles. The average Bonchev–Trinajstić information content (AvgIpc) is 2.63. The summed E-state index contributed by atoms with van der Waals surface area (Å²) in [4.78, 5) is 8.65. The van der Waals surface area contributed by atoms with Crippen molar-refractivity contribution in [3.05, 3.63) is 60.3 Å². The number of hydrogen-bond acceptors (Lipinski definition) is 4. The lowest BCUT2D eigenvalue weighted by Crippen LogP contribution is -2.04. The van der Waals surface area contributed by atoms with Crippen LogP contribution >= 0.6 is 0 Å². The van der Waals surface area contributed by atoms with Gasteiger partial charge in [-0.05, 0) is 30.2 Å². The molecule has 3 aromatic rings. The van der Waals surface area contributed by atoms with Gasteiger partial charge in [-0.2, -0.15) is 4.98 Å². The molecule has 0 saturated heterocycles. The number of para-hydroxylation sites is 1. The first-order chi connectivity index (χ1) is 11.8. The monoisotopic (exact) mass is 322 g/mol. The average molecular weight is 322 g/mol. The van der Waals surface area contributed by atoms with Gasteiger partial charge in [-0.25, -0.2) is 4.98 Å². The molecule has 2 aromatic carbocycles. The fraction of sp³-hybridized carbons (Fsp3) is 0.300. The van der Waals surface area contributed by atoms with E-state index in [1.54, 1.807) is 6.20 Å². The van der Waals surface area contributed by atoms with Crippen LogP contribution in [-0.4, -0.2) is 23.2 Å². The van der Waals surface area contributed by atoms with Crippen LogP contribution in [0.2, 0.25) is 0 Å². The zero-order valence-corrected chi connectivity index (χ0v) is 13.9. The molecular formula is C20H22N2O2. The van der Waals surface area contributed by atoms with Crippen LogP contribution in [0.3, 0.4) is 0 Å². The van der Waals surface area contributed by atoms with Crippen molar-refractivity contribution < 1.29 is 9.47 Å². The van der Waals surface area contributed by atoms with Crippen molar-refractivity contribution in [2.45, 2.75) is 26.2 Å². The maximum Gasteiger partial charge on any atom is 0.316 e. The summed E-state index contributed by atoms with van der Waals surface area (Å²) in [5.74, 6) is 0.922. The van der Waals surface area contributed by atoms with Crippen molar-refractivity contribution in [3.63, 3.8) is 0 Å². The van der Waals surface area contributed by atoms with E-state index in [1.165, 1.54) is 5.56 Å². The Labute approximate surface area is 142 Å². The van der Waals surface area contributed by atoms with Crippen LogP contribution in [0.1, 0.15) is 25.3 Å². The standard InChI is InChI=1S/C20H22N2O2/c1-2-3-13-23-18-10-8-16(9-11-18)12-14-24-20-21-15-17-6-4-5-7-19(17)22-20/h4-11,15H,2-3,12-14H2,1H3. The van der Waals surface area contributed by atoms with Gasteiger partial charge in [-0.15, -0.1) is 0 Å². The number of rotatable bonds is 8. The van der Waals surface area contributed by atoms with Crippen molar-refractivity contribution in [2.24, 2.45) is 0 Å². The minimum Gasteiger partial charge on any atom is -0.494 e. The van der Waals surface area contributed by atoms with Crippen LogP contribution in [0.15, 0.2) is 54.7 Å². The fourth-order valence-electron chi connectivity index (χ4n) is 2.37. The highest BCUT2D eigenvalue weighted by Crippen LogP contribution is 2.15. The highest BCUT2D eigenvalue weighted by Gasteiger charge is 2.01. The third-order valence-electron chi connectivity index (χ3n) is 3.78. The Morgan fingerprint density at radius 3 is 2.58 bits per heavy atom. The van der Waals surface area contributed by atoms with Crippen molar-refractivity contribution >= 4 is 10.9 Å². The zero-order chi connectivity index (χ0) is 16.6. The van der Waals surface area contributed by atoms with E-state index in [0.29, 0.717) is 12.6 Å². The predicted molar refractivity (Wildman–Crippen MR) is 95.6 cm³/mol. The number of benzene rings is 2. The molecule has 0 aliphatic rings. The molecule has 0 N–H and O–H groups in total. The number of fused-ring (bicyclic) bond motifs is 1. The Morgan fingerprint density at radius 2 is 1.75 bits per heavy atom. The summed E-state index contributed by atoms with van der Waals surface area (Å²) in [6.07, 6.45) is 4.83. The van der Waals surface area contributed by atoms with E-state index in [0.717, 1.165) is 42.5 Å². The van der Waals surface area contributed by atoms with Gasteiger partial charge in [0, 0.05) is 18.0 Å². The van der Waals surface area contributed by atoms with Gasteiger partial charge in [0.1, 0.15) is 5.75 Å². The summed E-state index contributed by atoms with van der Waals surface area (Å²) in [7, 11) is 0. The summed E-state index contributed by atoms with van der Waals surface area (Å²) in [5.41, 5.74) is 2.11. The molecule has 3 rings (SSSR count). The molecule has 0 amide bonds. The second-order valence-electron chi connectivity index (χ2n) is 5.66. The van der Waals surface area contributed by atoms with E-state index in [4.69, 9.17) is 9.47 Å². The highest BCUT2D eigenvalue weighted by atomic mass is 16.5. The second-order valence-corrected chi connectivity index (χ2v) is 5.66. The molecule has 0 atom stereocenters. The van der Waals surface area contributed by atoms with Gasteiger partial charge >= 0.3 is 6.01 Å². The summed E-state index contributed by atoms with van der Waals surface area (Å²) in [6, 6.07) is 16.5. The van der Waals surface area contributed by atoms with E-state index in [2.05, 4.69) is 29.0 Å². The molecular weight excluding hydrogens is 300 g/mol. The number of nitrogens with zero attached hydrogens (tertiary/aromatic N) is 2. The van der Waals surface area contributed by atoms with E-state index < -0.39 is 0 Å². The molecule has 124 valence electrons. The van der Waals surface area contributed by atoms with E-state index in [-0.39, 0.29) is 0 Å². The van der Waals surface area contributed by atoms with Crippen molar-refractivity contribution in [2.75, 3.05) is 13.2 Å². The molecule has 0 aliphatic carbocycles. The topological polar surface area (TPSA) is 44.2 Å². The van der Waals surface area contributed by atoms with Crippen molar-refractivity contribution in [1.29, 1.82) is 0 Å². The van der Waals surface area contributed by atoms with Crippen LogP contribution in [0.5, 0.6) is 11.8 Å². The molecule has 1 heterocycles. The summed E-state index contributed by atoms with van der Waals surface area (Å²) in [6.45, 7) is 3.48. The van der Waals surface area contributed by atoms with Gasteiger partial charge in [-0.1, -0.05) is 43.7 Å². The first-order valence-corrected chi connectivity index (χ1v) is 8.41. The lowest BCUT2D eigenvalue weighted by molar-refractivity contribution is 0.297. The summed E-state index contributed by atoms with van der Waals surface area (Å²) < 4.78 is 11.3. The number of aromatic nitrogens is 2. The lowest BCUT2D eigenvalue weighted by Gasteiger charge is -2.07. The van der Waals surface area contributed by atoms with Crippen LogP contribution in [0.25, 0.3) is 10.9 Å². The first kappa shape index (κ1) is 16.2. The lowest BCUT2D eigenvalue weighted by atomic mass is 10.1. The quantitative estimate of drug-likeness (QED) is 0.575. The van der Waals surface area contributed by atoms with Gasteiger partial charge in [0.05, 0.1) is 18.7 Å². The second kappa shape index (κ2) is 8.29. The summed E-state index contributed by atoms with van der Waals surface area (Å²) >= 11 is 0. The number of unbranched alkanes of at least 4 members (excludes halogenated alkanes) is 1. The van der Waals surface area contributed by atoms with Gasteiger partial charge in [0.25, 0.3) is 0 Å². The molecule has 0 saturated carbocycles. The van der Waals surface area contributed by atoms with Crippen LogP contribution < -0.4 is 9.47 Å². The molecule has 24 heavy (non-hydrogen) atoms. The molecule has 0 bridgehead atoms. The third kappa shape index (κ3) is 4.44. The Morgan fingerprint density at radius 1 is 0.917 bits per heavy atom. The Balaban J connectivity index is 1.50. The Hall–Kier alpha value is -2.62. The molecule has 0 aliphatic heterocycles. The van der Waals surface area contributed by atoms with Crippen LogP contribution in [-0.2, 0) is 6.42 Å². The SMILES string of the molecule is CCCCOc1ccc(CCOc2ncc3ccccc3n2)cc1. The normalized spacial score (nSPS) is 10.7. The van der Waals surface area contributed by atoms with E-state index in [1.807, 2.05) is 36.4 Å². The van der Waals surface area contributed by atoms with E-state index in [9.17, 15) is 0 Å². The number of hydrogen-bond donors (Lipinski definition) is 0. The Kier molecular flexibility index (Phi) is 5.61. The third-order valence-corrected chi connectivity index (χ3v) is 3.78. The van der Waals surface area contributed by atoms with Gasteiger partial charge in [0.2, 0.25) is 0 Å². The first-order valence-electron chi connectivity index (χ1n) is 8.41. The highest BCUT2D eigenvalue weighted by molar-refractivity contribution is 5.77. The van der Waals surface area contributed by atoms with Crippen molar-refractivity contribution in [1.82, 2.24) is 9.97 Å². The maximum atomic E-state index is 5.67.